The third-order valence-electron chi connectivity index (χ3n) is 5.56. The van der Waals surface area contributed by atoms with Crippen molar-refractivity contribution in [1.82, 2.24) is 15.5 Å². The van der Waals surface area contributed by atoms with Gasteiger partial charge in [0.25, 0.3) is 0 Å². The Bertz CT molecular complexity index is 494. The van der Waals surface area contributed by atoms with Gasteiger partial charge in [-0.05, 0) is 38.6 Å². The summed E-state index contributed by atoms with van der Waals surface area (Å²) < 4.78 is 11.2. The van der Waals surface area contributed by atoms with Crippen LogP contribution in [-0.2, 0) is 19.1 Å². The van der Waals surface area contributed by atoms with Gasteiger partial charge in [0.1, 0.15) is 6.10 Å². The predicted octanol–water partition coefficient (Wildman–Crippen LogP) is -0.350. The summed E-state index contributed by atoms with van der Waals surface area (Å²) >= 11 is 0. The molecule has 2 saturated heterocycles. The first-order valence-electron chi connectivity index (χ1n) is 10.3. The Morgan fingerprint density at radius 2 is 1.89 bits per heavy atom. The molecule has 2 heterocycles. The molecule has 1 aliphatic carbocycles. The van der Waals surface area contributed by atoms with Gasteiger partial charge in [-0.15, -0.1) is 0 Å². The van der Waals surface area contributed by atoms with E-state index in [-0.39, 0.29) is 36.5 Å². The maximum Gasteiger partial charge on any atom is 0.223 e. The van der Waals surface area contributed by atoms with Crippen LogP contribution in [0.5, 0.6) is 0 Å². The van der Waals surface area contributed by atoms with E-state index < -0.39 is 6.10 Å². The number of morpholine rings is 1. The highest BCUT2D eigenvalue weighted by atomic mass is 16.5. The van der Waals surface area contributed by atoms with Gasteiger partial charge in [-0.2, -0.15) is 0 Å². The van der Waals surface area contributed by atoms with Crippen LogP contribution in [0.1, 0.15) is 38.5 Å². The average molecular weight is 383 g/mol. The van der Waals surface area contributed by atoms with Crippen LogP contribution in [0.25, 0.3) is 0 Å². The molecule has 0 radical (unpaired) electrons. The summed E-state index contributed by atoms with van der Waals surface area (Å²) in [5, 5.41) is 15.5. The molecule has 3 rings (SSSR count). The van der Waals surface area contributed by atoms with E-state index in [0.29, 0.717) is 19.4 Å². The molecule has 0 aromatic heterocycles. The molecular formula is C19H33N3O5. The molecule has 27 heavy (non-hydrogen) atoms. The molecular weight excluding hydrogens is 350 g/mol. The zero-order chi connectivity index (χ0) is 19.1. The lowest BCUT2D eigenvalue weighted by molar-refractivity contribution is -0.136. The summed E-state index contributed by atoms with van der Waals surface area (Å²) in [6.45, 7) is 4.99. The summed E-state index contributed by atoms with van der Waals surface area (Å²) in [6, 6.07) is -0.157. The van der Waals surface area contributed by atoms with Crippen LogP contribution in [0.4, 0.5) is 0 Å². The number of hydrogen-bond donors (Lipinski definition) is 3. The molecule has 8 nitrogen and oxygen atoms in total. The third kappa shape index (κ3) is 6.71. The van der Waals surface area contributed by atoms with Crippen LogP contribution in [0, 0.1) is 5.92 Å². The van der Waals surface area contributed by atoms with Crippen molar-refractivity contribution in [2.45, 2.75) is 56.8 Å². The molecule has 0 unspecified atom stereocenters. The lowest BCUT2D eigenvalue weighted by atomic mass is 9.96. The topological polar surface area (TPSA) is 100 Å². The summed E-state index contributed by atoms with van der Waals surface area (Å²) in [4.78, 5) is 26.4. The Balaban J connectivity index is 1.30. The van der Waals surface area contributed by atoms with Gasteiger partial charge in [-0.25, -0.2) is 0 Å². The van der Waals surface area contributed by atoms with E-state index in [0.717, 1.165) is 58.5 Å². The SMILES string of the molecule is O=C(C[C@H]1CC[C@@H](NC(=O)C2CC2)[C@@H](CO)O1)NCCCN1CCOCC1. The van der Waals surface area contributed by atoms with Crippen molar-refractivity contribution >= 4 is 11.8 Å². The standard InChI is InChI=1S/C19H33N3O5/c23-13-17-16(21-19(25)14-2-3-14)5-4-15(27-17)12-18(24)20-6-1-7-22-8-10-26-11-9-22/h14-17,23H,1-13H2,(H,20,24)(H,21,25)/t15-,16-,17-/m1/s1. The number of carbonyl (C=O) groups is 2. The zero-order valence-electron chi connectivity index (χ0n) is 16.0. The number of nitrogens with zero attached hydrogens (tertiary/aromatic N) is 1. The Morgan fingerprint density at radius 1 is 1.11 bits per heavy atom. The number of amides is 2. The van der Waals surface area contributed by atoms with E-state index in [2.05, 4.69) is 15.5 Å². The van der Waals surface area contributed by atoms with Gasteiger partial charge >= 0.3 is 0 Å². The second kappa shape index (κ2) is 10.4. The van der Waals surface area contributed by atoms with Crippen molar-refractivity contribution in [3.05, 3.63) is 0 Å². The first-order valence-corrected chi connectivity index (χ1v) is 10.3. The van der Waals surface area contributed by atoms with Gasteiger partial charge in [0.2, 0.25) is 11.8 Å². The lowest BCUT2D eigenvalue weighted by Gasteiger charge is -2.36. The van der Waals surface area contributed by atoms with Crippen LogP contribution in [0.2, 0.25) is 0 Å². The molecule has 0 bridgehead atoms. The second-order valence-corrected chi connectivity index (χ2v) is 7.81. The number of rotatable bonds is 9. The fourth-order valence-corrected chi connectivity index (χ4v) is 3.73. The number of aliphatic hydroxyl groups is 1. The first kappa shape index (κ1) is 20.5. The van der Waals surface area contributed by atoms with E-state index in [4.69, 9.17) is 9.47 Å². The number of aliphatic hydroxyl groups excluding tert-OH is 1. The largest absolute Gasteiger partial charge is 0.394 e. The van der Waals surface area contributed by atoms with Crippen molar-refractivity contribution in [1.29, 1.82) is 0 Å². The van der Waals surface area contributed by atoms with E-state index in [9.17, 15) is 14.7 Å². The lowest BCUT2D eigenvalue weighted by Crippen LogP contribution is -2.51. The van der Waals surface area contributed by atoms with Crippen molar-refractivity contribution < 1.29 is 24.2 Å². The quantitative estimate of drug-likeness (QED) is 0.471. The molecule has 2 aliphatic heterocycles. The zero-order valence-corrected chi connectivity index (χ0v) is 16.0. The third-order valence-corrected chi connectivity index (χ3v) is 5.56. The van der Waals surface area contributed by atoms with Crippen LogP contribution in [0.15, 0.2) is 0 Å². The molecule has 1 saturated carbocycles. The highest BCUT2D eigenvalue weighted by Gasteiger charge is 2.36. The molecule has 0 aromatic rings. The van der Waals surface area contributed by atoms with Crippen LogP contribution in [0.3, 0.4) is 0 Å². The van der Waals surface area contributed by atoms with Crippen molar-refractivity contribution in [3.8, 4) is 0 Å². The molecule has 8 heteroatoms. The Morgan fingerprint density at radius 3 is 2.59 bits per heavy atom. The molecule has 3 fully saturated rings. The summed E-state index contributed by atoms with van der Waals surface area (Å²) in [6.07, 6.45) is 3.96. The minimum Gasteiger partial charge on any atom is -0.394 e. The highest BCUT2D eigenvalue weighted by Crippen LogP contribution is 2.30. The van der Waals surface area contributed by atoms with Crippen LogP contribution in [-0.4, -0.2) is 86.1 Å². The average Bonchev–Trinajstić information content (AvgIpc) is 3.52. The van der Waals surface area contributed by atoms with Crippen LogP contribution < -0.4 is 10.6 Å². The van der Waals surface area contributed by atoms with Gasteiger partial charge in [-0.1, -0.05) is 0 Å². The molecule has 3 atom stereocenters. The maximum absolute atomic E-state index is 12.2. The monoisotopic (exact) mass is 383 g/mol. The molecule has 2 amide bonds. The summed E-state index contributed by atoms with van der Waals surface area (Å²) in [5.41, 5.74) is 0. The minimum absolute atomic E-state index is 0.0147. The van der Waals surface area contributed by atoms with E-state index >= 15 is 0 Å². The fourth-order valence-electron chi connectivity index (χ4n) is 3.73. The predicted molar refractivity (Wildman–Crippen MR) is 99.1 cm³/mol. The smallest absolute Gasteiger partial charge is 0.223 e. The molecule has 0 spiro atoms. The van der Waals surface area contributed by atoms with Gasteiger partial charge in [0, 0.05) is 25.6 Å². The Labute approximate surface area is 160 Å². The number of carbonyl (C=O) groups excluding carboxylic acids is 2. The van der Waals surface area contributed by atoms with Gasteiger partial charge < -0.3 is 25.2 Å². The Hall–Kier alpha value is -1.22. The van der Waals surface area contributed by atoms with Gasteiger partial charge in [0.05, 0.1) is 38.4 Å². The van der Waals surface area contributed by atoms with E-state index in [1.54, 1.807) is 0 Å². The molecule has 3 aliphatic rings. The van der Waals surface area contributed by atoms with Crippen molar-refractivity contribution in [2.24, 2.45) is 5.92 Å². The summed E-state index contributed by atoms with van der Waals surface area (Å²) in [7, 11) is 0. The molecule has 0 aromatic carbocycles. The second-order valence-electron chi connectivity index (χ2n) is 7.81. The number of nitrogens with one attached hydrogen (secondary N) is 2. The number of hydrogen-bond acceptors (Lipinski definition) is 6. The maximum atomic E-state index is 12.2. The van der Waals surface area contributed by atoms with E-state index in [1.165, 1.54) is 0 Å². The normalized spacial score (nSPS) is 29.3. The van der Waals surface area contributed by atoms with Gasteiger partial charge in [0.15, 0.2) is 0 Å². The van der Waals surface area contributed by atoms with Crippen LogP contribution >= 0.6 is 0 Å². The Kier molecular flexibility index (Phi) is 7.87. The summed E-state index contributed by atoms with van der Waals surface area (Å²) in [5.74, 6) is 0.197. The number of ether oxygens (including phenoxy) is 2. The molecule has 154 valence electrons. The van der Waals surface area contributed by atoms with Crippen molar-refractivity contribution in [3.63, 3.8) is 0 Å². The van der Waals surface area contributed by atoms with Gasteiger partial charge in [-0.3, -0.25) is 14.5 Å². The van der Waals surface area contributed by atoms with E-state index in [1.807, 2.05) is 0 Å². The highest BCUT2D eigenvalue weighted by molar-refractivity contribution is 5.81. The first-order chi connectivity index (χ1) is 13.2. The molecule has 3 N–H and O–H groups in total. The fraction of sp³-hybridized carbons (Fsp3) is 0.895. The minimum atomic E-state index is -0.430. The van der Waals surface area contributed by atoms with Crippen molar-refractivity contribution in [2.75, 3.05) is 46.0 Å².